The van der Waals surface area contributed by atoms with E-state index in [0.29, 0.717) is 23.5 Å². The van der Waals surface area contributed by atoms with E-state index in [-0.39, 0.29) is 5.41 Å². The number of benzene rings is 1. The fourth-order valence-corrected chi connectivity index (χ4v) is 5.44. The summed E-state index contributed by atoms with van der Waals surface area (Å²) < 4.78 is 0. The van der Waals surface area contributed by atoms with Gasteiger partial charge in [0.15, 0.2) is 0 Å². The molecule has 0 N–H and O–H groups in total. The number of aryl methyl sites for hydroxylation is 1. The third-order valence-electron chi connectivity index (χ3n) is 6.60. The zero-order valence-electron chi connectivity index (χ0n) is 12.7. The second-order valence-electron chi connectivity index (χ2n) is 7.39. The van der Waals surface area contributed by atoms with Crippen LogP contribution in [0.25, 0.3) is 0 Å². The van der Waals surface area contributed by atoms with Crippen LogP contribution in [0.5, 0.6) is 0 Å². The third-order valence-corrected chi connectivity index (χ3v) is 6.60. The van der Waals surface area contributed by atoms with Crippen molar-refractivity contribution in [3.63, 3.8) is 0 Å². The summed E-state index contributed by atoms with van der Waals surface area (Å²) in [5.41, 5.74) is 3.97. The first kappa shape index (κ1) is 13.1. The fraction of sp³-hybridized carbons (Fsp3) is 0.550. The van der Waals surface area contributed by atoms with Gasteiger partial charge in [-0.25, -0.2) is 0 Å². The van der Waals surface area contributed by atoms with Crippen LogP contribution < -0.4 is 0 Å². The van der Waals surface area contributed by atoms with Gasteiger partial charge in [0.1, 0.15) is 5.78 Å². The minimum absolute atomic E-state index is 0.0164. The lowest BCUT2D eigenvalue weighted by atomic mass is 9.55. The molecule has 0 unspecified atom stereocenters. The molecule has 0 radical (unpaired) electrons. The van der Waals surface area contributed by atoms with E-state index in [2.05, 4.69) is 31.0 Å². The van der Waals surface area contributed by atoms with Gasteiger partial charge in [-0.15, -0.1) is 6.42 Å². The molecule has 3 aliphatic rings. The molecule has 1 aromatic carbocycles. The van der Waals surface area contributed by atoms with E-state index in [0.717, 1.165) is 31.2 Å². The van der Waals surface area contributed by atoms with E-state index in [1.54, 1.807) is 0 Å². The number of rotatable bonds is 0. The van der Waals surface area contributed by atoms with E-state index in [9.17, 15) is 4.79 Å². The first-order valence-electron chi connectivity index (χ1n) is 8.26. The zero-order chi connectivity index (χ0) is 14.6. The average molecular weight is 278 g/mol. The minimum Gasteiger partial charge on any atom is -0.299 e. The van der Waals surface area contributed by atoms with Crippen LogP contribution in [0.3, 0.4) is 0 Å². The molecule has 2 fully saturated rings. The number of Topliss-reactive ketones (excluding diaryl/α,β-unsaturated/α-hetero) is 1. The molecule has 4 atom stereocenters. The van der Waals surface area contributed by atoms with Gasteiger partial charge in [-0.3, -0.25) is 4.79 Å². The molecule has 2 saturated carbocycles. The van der Waals surface area contributed by atoms with Gasteiger partial charge in [0.05, 0.1) is 0 Å². The maximum Gasteiger partial charge on any atom is 0.139 e. The van der Waals surface area contributed by atoms with Crippen LogP contribution in [0.4, 0.5) is 0 Å². The highest BCUT2D eigenvalue weighted by atomic mass is 16.1. The fourth-order valence-electron chi connectivity index (χ4n) is 5.44. The first-order valence-corrected chi connectivity index (χ1v) is 8.26. The predicted molar refractivity (Wildman–Crippen MR) is 84.0 cm³/mol. The maximum atomic E-state index is 12.3. The molecule has 4 rings (SSSR count). The van der Waals surface area contributed by atoms with Gasteiger partial charge in [-0.2, -0.15) is 0 Å². The average Bonchev–Trinajstić information content (AvgIpc) is 2.82. The molecule has 0 saturated heterocycles. The van der Waals surface area contributed by atoms with Gasteiger partial charge in [0.25, 0.3) is 0 Å². The van der Waals surface area contributed by atoms with Crippen molar-refractivity contribution in [1.29, 1.82) is 0 Å². The molecule has 0 aromatic heterocycles. The molecule has 1 heteroatoms. The maximum absolute atomic E-state index is 12.3. The van der Waals surface area contributed by atoms with E-state index in [1.165, 1.54) is 24.0 Å². The second kappa shape index (κ2) is 4.47. The summed E-state index contributed by atoms with van der Waals surface area (Å²) in [5.74, 6) is 5.26. The minimum atomic E-state index is -0.0164. The number of ketones is 1. The van der Waals surface area contributed by atoms with Crippen molar-refractivity contribution in [2.24, 2.45) is 17.3 Å². The molecule has 0 spiro atoms. The standard InChI is InChI=1S/C20H22O/c1-3-13-4-6-15-14(12-13)5-7-17-16(15)10-11-20(2)18(17)8-9-19(20)21/h1,4,6,12,16-18H,5,7-11H2,2H3/t16-,17+,18+,20+/m1/s1. The van der Waals surface area contributed by atoms with Crippen LogP contribution in [0, 0.1) is 29.6 Å². The Morgan fingerprint density at radius 3 is 2.90 bits per heavy atom. The molecule has 0 bridgehead atoms. The van der Waals surface area contributed by atoms with Crippen molar-refractivity contribution < 1.29 is 4.79 Å². The number of carbonyl (C=O) groups is 1. The van der Waals surface area contributed by atoms with Gasteiger partial charge < -0.3 is 0 Å². The van der Waals surface area contributed by atoms with Crippen molar-refractivity contribution in [3.8, 4) is 12.3 Å². The lowest BCUT2D eigenvalue weighted by Crippen LogP contribution is -2.42. The highest BCUT2D eigenvalue weighted by Gasteiger charge is 2.54. The summed E-state index contributed by atoms with van der Waals surface area (Å²) in [5, 5.41) is 0. The molecule has 1 nitrogen and oxygen atoms in total. The molecular weight excluding hydrogens is 256 g/mol. The first-order chi connectivity index (χ1) is 10.1. The number of hydrogen-bond acceptors (Lipinski definition) is 1. The van der Waals surface area contributed by atoms with Crippen molar-refractivity contribution in [2.45, 2.75) is 51.4 Å². The Kier molecular flexibility index (Phi) is 2.80. The molecular formula is C20H22O. The SMILES string of the molecule is C#Cc1ccc2c(c1)CC[C@H]1[C@@H]2CC[C@]2(C)C(=O)CC[C@@H]12. The van der Waals surface area contributed by atoms with Crippen molar-refractivity contribution in [3.05, 3.63) is 34.9 Å². The third kappa shape index (κ3) is 1.75. The van der Waals surface area contributed by atoms with Crippen LogP contribution in [0.1, 0.15) is 61.6 Å². The van der Waals surface area contributed by atoms with Crippen LogP contribution >= 0.6 is 0 Å². The number of fused-ring (bicyclic) bond motifs is 5. The molecule has 0 amide bonds. The smallest absolute Gasteiger partial charge is 0.139 e. The van der Waals surface area contributed by atoms with E-state index >= 15 is 0 Å². The van der Waals surface area contributed by atoms with E-state index < -0.39 is 0 Å². The Morgan fingerprint density at radius 1 is 1.24 bits per heavy atom. The molecule has 108 valence electrons. The molecule has 21 heavy (non-hydrogen) atoms. The Hall–Kier alpha value is -1.55. The van der Waals surface area contributed by atoms with Gasteiger partial charge in [0, 0.05) is 17.4 Å². The number of hydrogen-bond donors (Lipinski definition) is 0. The van der Waals surface area contributed by atoms with Crippen LogP contribution in [-0.4, -0.2) is 5.78 Å². The van der Waals surface area contributed by atoms with E-state index in [4.69, 9.17) is 6.42 Å². The molecule has 1 aromatic rings. The largest absolute Gasteiger partial charge is 0.299 e. The highest BCUT2D eigenvalue weighted by Crippen LogP contribution is 2.59. The number of carbonyl (C=O) groups excluding carboxylic acids is 1. The van der Waals surface area contributed by atoms with Crippen LogP contribution in [-0.2, 0) is 11.2 Å². The Morgan fingerprint density at radius 2 is 2.10 bits per heavy atom. The quantitative estimate of drug-likeness (QED) is 0.653. The summed E-state index contributed by atoms with van der Waals surface area (Å²) in [6.45, 7) is 2.24. The Bertz CT molecular complexity index is 650. The summed E-state index contributed by atoms with van der Waals surface area (Å²) in [4.78, 5) is 12.3. The molecule has 3 aliphatic carbocycles. The van der Waals surface area contributed by atoms with Gasteiger partial charge in [0.2, 0.25) is 0 Å². The lowest BCUT2D eigenvalue weighted by molar-refractivity contribution is -0.129. The van der Waals surface area contributed by atoms with Crippen LogP contribution in [0.2, 0.25) is 0 Å². The van der Waals surface area contributed by atoms with Crippen molar-refractivity contribution in [2.75, 3.05) is 0 Å². The van der Waals surface area contributed by atoms with Crippen molar-refractivity contribution >= 4 is 5.78 Å². The van der Waals surface area contributed by atoms with Crippen LogP contribution in [0.15, 0.2) is 18.2 Å². The lowest BCUT2D eigenvalue weighted by Gasteiger charge is -2.48. The summed E-state index contributed by atoms with van der Waals surface area (Å²) in [6, 6.07) is 6.56. The second-order valence-corrected chi connectivity index (χ2v) is 7.39. The molecule has 0 heterocycles. The molecule has 0 aliphatic heterocycles. The van der Waals surface area contributed by atoms with Gasteiger partial charge in [-0.1, -0.05) is 18.9 Å². The zero-order valence-corrected chi connectivity index (χ0v) is 12.7. The Labute approximate surface area is 127 Å². The monoisotopic (exact) mass is 278 g/mol. The summed E-state index contributed by atoms with van der Waals surface area (Å²) >= 11 is 0. The predicted octanol–water partition coefficient (Wildman–Crippen LogP) is 4.09. The Balaban J connectivity index is 1.72. The topological polar surface area (TPSA) is 17.1 Å². The summed E-state index contributed by atoms with van der Waals surface area (Å²) in [6.07, 6.45) is 12.1. The van der Waals surface area contributed by atoms with Crippen molar-refractivity contribution in [1.82, 2.24) is 0 Å². The highest BCUT2D eigenvalue weighted by molar-refractivity contribution is 5.87. The number of terminal acetylenes is 1. The normalized spacial score (nSPS) is 37.3. The summed E-state index contributed by atoms with van der Waals surface area (Å²) in [7, 11) is 0. The van der Waals surface area contributed by atoms with Gasteiger partial charge in [-0.05, 0) is 73.1 Å². The van der Waals surface area contributed by atoms with Gasteiger partial charge >= 0.3 is 0 Å². The van der Waals surface area contributed by atoms with E-state index in [1.807, 2.05) is 0 Å².